The molecule has 0 fully saturated rings. The highest BCUT2D eigenvalue weighted by Gasteiger charge is 2.15. The Labute approximate surface area is 78.1 Å². The van der Waals surface area contributed by atoms with Gasteiger partial charge in [-0.2, -0.15) is 0 Å². The highest BCUT2D eigenvalue weighted by atomic mass is 35.5. The summed E-state index contributed by atoms with van der Waals surface area (Å²) in [6, 6.07) is 1.12. The monoisotopic (exact) mass is 200 g/mol. The van der Waals surface area contributed by atoms with Gasteiger partial charge < -0.3 is 10.8 Å². The molecule has 3 N–H and O–H groups in total. The molecule has 0 aliphatic carbocycles. The molecular weight excluding hydrogens is 196 g/mol. The molecule has 1 aromatic heterocycles. The highest BCUT2D eigenvalue weighted by Crippen LogP contribution is 2.12. The summed E-state index contributed by atoms with van der Waals surface area (Å²) in [5.74, 6) is -2.18. The molecule has 0 radical (unpaired) electrons. The van der Waals surface area contributed by atoms with E-state index in [1.54, 1.807) is 0 Å². The maximum absolute atomic E-state index is 10.7. The van der Waals surface area contributed by atoms with Crippen molar-refractivity contribution < 1.29 is 14.7 Å². The first-order valence-corrected chi connectivity index (χ1v) is 3.59. The Morgan fingerprint density at radius 3 is 2.62 bits per heavy atom. The summed E-state index contributed by atoms with van der Waals surface area (Å²) < 4.78 is 0. The van der Waals surface area contributed by atoms with Crippen LogP contribution in [0.3, 0.4) is 0 Å². The smallest absolute Gasteiger partial charge is 0.338 e. The number of pyridine rings is 1. The van der Waals surface area contributed by atoms with E-state index < -0.39 is 11.9 Å². The van der Waals surface area contributed by atoms with Crippen molar-refractivity contribution in [2.45, 2.75) is 0 Å². The number of aromatic nitrogens is 1. The Bertz CT molecular complexity index is 378. The van der Waals surface area contributed by atoms with Crippen molar-refractivity contribution in [3.63, 3.8) is 0 Å². The van der Waals surface area contributed by atoms with Crippen LogP contribution in [-0.4, -0.2) is 22.0 Å². The summed E-state index contributed by atoms with van der Waals surface area (Å²) in [6.45, 7) is 0. The molecule has 1 heterocycles. The molecule has 0 aromatic carbocycles. The summed E-state index contributed by atoms with van der Waals surface area (Å²) in [6.07, 6.45) is 1.16. The van der Waals surface area contributed by atoms with Crippen molar-refractivity contribution in [2.75, 3.05) is 0 Å². The number of rotatable bonds is 2. The molecule has 0 saturated carbocycles. The SMILES string of the molecule is NC(=O)c1ncc(Cl)cc1C(=O)O. The number of primary amides is 1. The third kappa shape index (κ3) is 1.94. The molecule has 0 aliphatic heterocycles. The number of carbonyl (C=O) groups excluding carboxylic acids is 1. The predicted octanol–water partition coefficient (Wildman–Crippen LogP) is 0.532. The van der Waals surface area contributed by atoms with Gasteiger partial charge >= 0.3 is 5.97 Å². The summed E-state index contributed by atoms with van der Waals surface area (Å²) >= 11 is 5.49. The normalized spacial score (nSPS) is 9.62. The Hall–Kier alpha value is -1.62. The number of amides is 1. The van der Waals surface area contributed by atoms with Crippen LogP contribution in [0.2, 0.25) is 5.02 Å². The van der Waals surface area contributed by atoms with Crippen LogP contribution in [0, 0.1) is 0 Å². The van der Waals surface area contributed by atoms with Crippen LogP contribution in [0.15, 0.2) is 12.3 Å². The topological polar surface area (TPSA) is 93.3 Å². The maximum atomic E-state index is 10.7. The van der Waals surface area contributed by atoms with Crippen molar-refractivity contribution in [1.29, 1.82) is 0 Å². The molecule has 5 nitrogen and oxygen atoms in total. The lowest BCUT2D eigenvalue weighted by Crippen LogP contribution is -2.18. The average molecular weight is 201 g/mol. The molecule has 1 rings (SSSR count). The van der Waals surface area contributed by atoms with Gasteiger partial charge in [0.1, 0.15) is 5.69 Å². The molecule has 13 heavy (non-hydrogen) atoms. The van der Waals surface area contributed by atoms with Crippen LogP contribution >= 0.6 is 11.6 Å². The lowest BCUT2D eigenvalue weighted by molar-refractivity contribution is 0.0691. The van der Waals surface area contributed by atoms with E-state index in [0.717, 1.165) is 12.3 Å². The second-order valence-electron chi connectivity index (χ2n) is 2.22. The lowest BCUT2D eigenvalue weighted by Gasteiger charge is -2.00. The first-order chi connectivity index (χ1) is 6.02. The molecule has 0 aliphatic rings. The third-order valence-corrected chi connectivity index (χ3v) is 1.52. The van der Waals surface area contributed by atoms with Crippen LogP contribution in [0.5, 0.6) is 0 Å². The van der Waals surface area contributed by atoms with Crippen molar-refractivity contribution in [3.05, 3.63) is 28.5 Å². The number of halogens is 1. The van der Waals surface area contributed by atoms with Gasteiger partial charge in [-0.1, -0.05) is 11.6 Å². The second-order valence-corrected chi connectivity index (χ2v) is 2.66. The zero-order valence-electron chi connectivity index (χ0n) is 6.32. The van der Waals surface area contributed by atoms with E-state index >= 15 is 0 Å². The first-order valence-electron chi connectivity index (χ1n) is 3.21. The Morgan fingerprint density at radius 1 is 1.54 bits per heavy atom. The fourth-order valence-electron chi connectivity index (χ4n) is 0.799. The van der Waals surface area contributed by atoms with Crippen LogP contribution in [0.4, 0.5) is 0 Å². The summed E-state index contributed by atoms with van der Waals surface area (Å²) in [4.78, 5) is 24.8. The maximum Gasteiger partial charge on any atom is 0.338 e. The van der Waals surface area contributed by atoms with Gasteiger partial charge in [0, 0.05) is 6.20 Å². The fraction of sp³-hybridized carbons (Fsp3) is 0. The van der Waals surface area contributed by atoms with Crippen LogP contribution in [0.25, 0.3) is 0 Å². The fourth-order valence-corrected chi connectivity index (χ4v) is 0.957. The van der Waals surface area contributed by atoms with E-state index in [-0.39, 0.29) is 16.3 Å². The molecule has 1 amide bonds. The van der Waals surface area contributed by atoms with E-state index in [0.29, 0.717) is 0 Å². The molecular formula is C7H5ClN2O3. The Balaban J connectivity index is 3.35. The van der Waals surface area contributed by atoms with E-state index in [4.69, 9.17) is 22.4 Å². The van der Waals surface area contributed by atoms with Gasteiger partial charge in [-0.3, -0.25) is 4.79 Å². The standard InChI is InChI=1S/C7H5ClN2O3/c8-3-1-4(7(12)13)5(6(9)11)10-2-3/h1-2H,(H2,9,11)(H,12,13). The molecule has 0 spiro atoms. The Morgan fingerprint density at radius 2 is 2.15 bits per heavy atom. The summed E-state index contributed by atoms with van der Waals surface area (Å²) in [5.41, 5.74) is 4.31. The van der Waals surface area contributed by atoms with Gasteiger partial charge in [-0.05, 0) is 6.07 Å². The van der Waals surface area contributed by atoms with Gasteiger partial charge in [0.25, 0.3) is 5.91 Å². The molecule has 0 unspecified atom stereocenters. The average Bonchev–Trinajstić information content (AvgIpc) is 2.03. The molecule has 0 saturated heterocycles. The zero-order valence-corrected chi connectivity index (χ0v) is 7.08. The van der Waals surface area contributed by atoms with Crippen molar-refractivity contribution in [2.24, 2.45) is 5.73 Å². The lowest BCUT2D eigenvalue weighted by atomic mass is 10.2. The van der Waals surface area contributed by atoms with Gasteiger partial charge in [0.15, 0.2) is 0 Å². The molecule has 6 heteroatoms. The highest BCUT2D eigenvalue weighted by molar-refractivity contribution is 6.31. The number of carboxylic acids is 1. The first kappa shape index (κ1) is 9.47. The summed E-state index contributed by atoms with van der Waals surface area (Å²) in [7, 11) is 0. The van der Waals surface area contributed by atoms with Crippen LogP contribution in [0.1, 0.15) is 20.8 Å². The predicted molar refractivity (Wildman–Crippen MR) is 44.7 cm³/mol. The number of aromatic carboxylic acids is 1. The van der Waals surface area contributed by atoms with E-state index in [1.807, 2.05) is 0 Å². The minimum atomic E-state index is -1.29. The largest absolute Gasteiger partial charge is 0.478 e. The van der Waals surface area contributed by atoms with Crippen molar-refractivity contribution in [3.8, 4) is 0 Å². The van der Waals surface area contributed by atoms with Crippen molar-refractivity contribution in [1.82, 2.24) is 4.98 Å². The van der Waals surface area contributed by atoms with Crippen molar-refractivity contribution >= 4 is 23.5 Å². The number of carboxylic acid groups (broad SMARTS) is 1. The summed E-state index contributed by atoms with van der Waals surface area (Å²) in [5, 5.41) is 8.77. The number of hydrogen-bond donors (Lipinski definition) is 2. The third-order valence-electron chi connectivity index (χ3n) is 1.32. The van der Waals surface area contributed by atoms with E-state index in [2.05, 4.69) is 4.98 Å². The second kappa shape index (κ2) is 3.40. The number of nitrogens with two attached hydrogens (primary N) is 1. The Kier molecular flexibility index (Phi) is 2.48. The van der Waals surface area contributed by atoms with Crippen LogP contribution < -0.4 is 5.73 Å². The zero-order chi connectivity index (χ0) is 10.0. The molecule has 68 valence electrons. The minimum absolute atomic E-state index is 0.141. The molecule has 0 bridgehead atoms. The molecule has 1 aromatic rings. The quantitative estimate of drug-likeness (QED) is 0.728. The number of carbonyl (C=O) groups is 2. The van der Waals surface area contributed by atoms with E-state index in [9.17, 15) is 9.59 Å². The molecule has 0 atom stereocenters. The van der Waals surface area contributed by atoms with Crippen LogP contribution in [-0.2, 0) is 0 Å². The van der Waals surface area contributed by atoms with Gasteiger partial charge in [-0.15, -0.1) is 0 Å². The number of nitrogens with zero attached hydrogens (tertiary/aromatic N) is 1. The minimum Gasteiger partial charge on any atom is -0.478 e. The number of hydrogen-bond acceptors (Lipinski definition) is 3. The van der Waals surface area contributed by atoms with Gasteiger partial charge in [0.2, 0.25) is 0 Å². The van der Waals surface area contributed by atoms with Gasteiger partial charge in [0.05, 0.1) is 10.6 Å². The van der Waals surface area contributed by atoms with Gasteiger partial charge in [-0.25, -0.2) is 9.78 Å². The van der Waals surface area contributed by atoms with E-state index in [1.165, 1.54) is 0 Å².